The minimum Gasteiger partial charge on any atom is -0.466 e. The number of carbonyl (C=O) groups excluding carboxylic acids is 2. The van der Waals surface area contributed by atoms with Crippen LogP contribution in [0.15, 0.2) is 53.9 Å². The minimum atomic E-state index is -0.526. The lowest BCUT2D eigenvalue weighted by Gasteiger charge is -2.07. The second-order valence-corrected chi connectivity index (χ2v) is 7.15. The fraction of sp³-hybridized carbons (Fsp3) is 0.238. The number of pyridine rings is 1. The highest BCUT2D eigenvalue weighted by Crippen LogP contribution is 2.35. The van der Waals surface area contributed by atoms with Gasteiger partial charge in [-0.2, -0.15) is 0 Å². The number of esters is 1. The third-order valence-corrected chi connectivity index (χ3v) is 5.22. The van der Waals surface area contributed by atoms with E-state index in [-0.39, 0.29) is 30.4 Å². The summed E-state index contributed by atoms with van der Waals surface area (Å²) in [5.41, 5.74) is 3.18. The third-order valence-electron chi connectivity index (χ3n) is 4.13. The van der Waals surface area contributed by atoms with Gasteiger partial charge in [-0.3, -0.25) is 14.6 Å². The van der Waals surface area contributed by atoms with Crippen LogP contribution in [0.25, 0.3) is 22.5 Å². The molecular formula is C21H20FN3O3S. The van der Waals surface area contributed by atoms with Crippen molar-refractivity contribution in [3.05, 3.63) is 54.6 Å². The highest BCUT2D eigenvalue weighted by Gasteiger charge is 2.20. The van der Waals surface area contributed by atoms with Gasteiger partial charge >= 0.3 is 5.97 Å². The Morgan fingerprint density at radius 3 is 2.45 bits per heavy atom. The van der Waals surface area contributed by atoms with Gasteiger partial charge < -0.3 is 9.30 Å². The number of aromatic nitrogens is 3. The van der Waals surface area contributed by atoms with Gasteiger partial charge in [-0.1, -0.05) is 11.8 Å². The van der Waals surface area contributed by atoms with Crippen molar-refractivity contribution in [2.45, 2.75) is 18.5 Å². The molecule has 6 nitrogen and oxygen atoms in total. The SMILES string of the molecule is CCOC(=O)CC(=O)CSc1nc(-c2ccc(F)cc2)c(-c2ccncc2)n1C. The van der Waals surface area contributed by atoms with Gasteiger partial charge in [0.2, 0.25) is 0 Å². The Balaban J connectivity index is 1.90. The quantitative estimate of drug-likeness (QED) is 0.317. The number of imidazole rings is 1. The Kier molecular flexibility index (Phi) is 6.77. The molecule has 0 N–H and O–H groups in total. The van der Waals surface area contributed by atoms with E-state index in [9.17, 15) is 14.0 Å². The molecule has 0 aliphatic rings. The van der Waals surface area contributed by atoms with Gasteiger partial charge in [0.15, 0.2) is 10.9 Å². The van der Waals surface area contributed by atoms with Crippen molar-refractivity contribution in [1.82, 2.24) is 14.5 Å². The number of hydrogen-bond acceptors (Lipinski definition) is 6. The molecule has 0 bridgehead atoms. The summed E-state index contributed by atoms with van der Waals surface area (Å²) in [4.78, 5) is 32.3. The smallest absolute Gasteiger partial charge is 0.313 e. The molecule has 1 aromatic carbocycles. The van der Waals surface area contributed by atoms with Crippen LogP contribution in [0.2, 0.25) is 0 Å². The summed E-state index contributed by atoms with van der Waals surface area (Å²) < 4.78 is 20.1. The Labute approximate surface area is 172 Å². The predicted octanol–water partition coefficient (Wildman–Crippen LogP) is 3.90. The number of hydrogen-bond donors (Lipinski definition) is 0. The number of ether oxygens (including phenoxy) is 1. The van der Waals surface area contributed by atoms with Gasteiger partial charge in [-0.05, 0) is 43.3 Å². The zero-order chi connectivity index (χ0) is 20.8. The van der Waals surface area contributed by atoms with E-state index in [0.29, 0.717) is 10.9 Å². The molecule has 0 radical (unpaired) electrons. The predicted molar refractivity (Wildman–Crippen MR) is 109 cm³/mol. The number of rotatable bonds is 8. The van der Waals surface area contributed by atoms with Gasteiger partial charge in [0, 0.05) is 30.6 Å². The molecule has 0 amide bonds. The summed E-state index contributed by atoms with van der Waals surface area (Å²) in [6.45, 7) is 1.94. The van der Waals surface area contributed by atoms with Crippen LogP contribution in [0.3, 0.4) is 0 Å². The number of Topliss-reactive ketones (excluding diaryl/α,β-unsaturated/α-hetero) is 1. The van der Waals surface area contributed by atoms with Crippen LogP contribution in [0.1, 0.15) is 13.3 Å². The summed E-state index contributed by atoms with van der Waals surface area (Å²) in [7, 11) is 1.86. The van der Waals surface area contributed by atoms with Crippen molar-refractivity contribution in [3.8, 4) is 22.5 Å². The van der Waals surface area contributed by atoms with Crippen molar-refractivity contribution in [2.24, 2.45) is 7.05 Å². The number of carbonyl (C=O) groups is 2. The van der Waals surface area contributed by atoms with Gasteiger partial charge in [0.1, 0.15) is 12.2 Å². The number of nitrogens with zero attached hydrogens (tertiary/aromatic N) is 3. The van der Waals surface area contributed by atoms with E-state index in [4.69, 9.17) is 4.74 Å². The summed E-state index contributed by atoms with van der Waals surface area (Å²) in [6.07, 6.45) is 3.12. The average Bonchev–Trinajstić information content (AvgIpc) is 3.04. The van der Waals surface area contributed by atoms with Gasteiger partial charge in [0.05, 0.1) is 23.7 Å². The minimum absolute atomic E-state index is 0.0995. The molecule has 0 aliphatic heterocycles. The summed E-state index contributed by atoms with van der Waals surface area (Å²) in [5, 5.41) is 0.619. The molecule has 8 heteroatoms. The summed E-state index contributed by atoms with van der Waals surface area (Å²) >= 11 is 1.25. The standard InChI is InChI=1S/C21H20FN3O3S/c1-3-28-18(27)12-17(26)13-29-21-24-19(14-4-6-16(22)7-5-14)20(25(21)2)15-8-10-23-11-9-15/h4-11H,3,12-13H2,1-2H3. The van der Waals surface area contributed by atoms with Crippen LogP contribution in [0, 0.1) is 5.82 Å². The van der Waals surface area contributed by atoms with Crippen LogP contribution in [0.5, 0.6) is 0 Å². The lowest BCUT2D eigenvalue weighted by atomic mass is 10.1. The Bertz CT molecular complexity index is 1000. The average molecular weight is 413 g/mol. The second-order valence-electron chi connectivity index (χ2n) is 6.20. The van der Waals surface area contributed by atoms with Crippen LogP contribution >= 0.6 is 11.8 Å². The van der Waals surface area contributed by atoms with Crippen LogP contribution < -0.4 is 0 Å². The second kappa shape index (κ2) is 9.47. The normalized spacial score (nSPS) is 10.7. The monoisotopic (exact) mass is 413 g/mol. The van der Waals surface area contributed by atoms with Crippen LogP contribution in [-0.2, 0) is 21.4 Å². The Morgan fingerprint density at radius 2 is 1.79 bits per heavy atom. The van der Waals surface area contributed by atoms with Gasteiger partial charge in [-0.25, -0.2) is 9.37 Å². The Hall–Kier alpha value is -3.00. The van der Waals surface area contributed by atoms with E-state index in [1.807, 2.05) is 23.7 Å². The summed E-state index contributed by atoms with van der Waals surface area (Å²) in [5.74, 6) is -0.982. The van der Waals surface area contributed by atoms with Crippen molar-refractivity contribution in [2.75, 3.05) is 12.4 Å². The number of benzene rings is 1. The highest BCUT2D eigenvalue weighted by molar-refractivity contribution is 7.99. The molecule has 0 fully saturated rings. The highest BCUT2D eigenvalue weighted by atomic mass is 32.2. The van der Waals surface area contributed by atoms with Crippen LogP contribution in [0.4, 0.5) is 4.39 Å². The van der Waals surface area contributed by atoms with Gasteiger partial charge in [-0.15, -0.1) is 0 Å². The van der Waals surface area contributed by atoms with E-state index < -0.39 is 5.97 Å². The topological polar surface area (TPSA) is 74.1 Å². The lowest BCUT2D eigenvalue weighted by molar-refractivity contribution is -0.145. The third kappa shape index (κ3) is 5.08. The van der Waals surface area contributed by atoms with Crippen molar-refractivity contribution in [3.63, 3.8) is 0 Å². The Morgan fingerprint density at radius 1 is 1.10 bits per heavy atom. The zero-order valence-electron chi connectivity index (χ0n) is 16.1. The first-order chi connectivity index (χ1) is 14.0. The molecule has 0 aliphatic carbocycles. The largest absolute Gasteiger partial charge is 0.466 e. The van der Waals surface area contributed by atoms with E-state index in [1.54, 1.807) is 31.5 Å². The maximum atomic E-state index is 13.4. The molecule has 29 heavy (non-hydrogen) atoms. The van der Waals surface area contributed by atoms with Crippen LogP contribution in [-0.4, -0.2) is 38.6 Å². The number of ketones is 1. The van der Waals surface area contributed by atoms with Crippen molar-refractivity contribution in [1.29, 1.82) is 0 Å². The number of thioether (sulfide) groups is 1. The van der Waals surface area contributed by atoms with E-state index >= 15 is 0 Å². The molecule has 2 heterocycles. The summed E-state index contributed by atoms with van der Waals surface area (Å²) in [6, 6.07) is 9.84. The van der Waals surface area contributed by atoms with E-state index in [2.05, 4.69) is 9.97 Å². The fourth-order valence-corrected chi connectivity index (χ4v) is 3.66. The van der Waals surface area contributed by atoms with E-state index in [0.717, 1.165) is 16.8 Å². The maximum Gasteiger partial charge on any atom is 0.313 e. The molecule has 3 rings (SSSR count). The molecule has 0 saturated carbocycles. The molecule has 0 saturated heterocycles. The first-order valence-corrected chi connectivity index (χ1v) is 10.0. The maximum absolute atomic E-state index is 13.4. The molecule has 0 atom stereocenters. The molecule has 150 valence electrons. The first kappa shape index (κ1) is 20.7. The van der Waals surface area contributed by atoms with Crippen molar-refractivity contribution < 1.29 is 18.7 Å². The fourth-order valence-electron chi connectivity index (χ4n) is 2.83. The number of halogens is 1. The van der Waals surface area contributed by atoms with E-state index in [1.165, 1.54) is 23.9 Å². The van der Waals surface area contributed by atoms with Crippen molar-refractivity contribution >= 4 is 23.5 Å². The lowest BCUT2D eigenvalue weighted by Crippen LogP contribution is -2.13. The molecule has 2 aromatic heterocycles. The molecule has 0 unspecified atom stereocenters. The van der Waals surface area contributed by atoms with Gasteiger partial charge in [0.25, 0.3) is 0 Å². The molecule has 3 aromatic rings. The first-order valence-electron chi connectivity index (χ1n) is 9.02. The molecule has 0 spiro atoms. The zero-order valence-corrected chi connectivity index (χ0v) is 16.9. The molecular weight excluding hydrogens is 393 g/mol.